The zero-order chi connectivity index (χ0) is 11.0. The van der Waals surface area contributed by atoms with E-state index >= 15 is 0 Å². The van der Waals surface area contributed by atoms with E-state index in [9.17, 15) is 14.0 Å². The van der Waals surface area contributed by atoms with Crippen LogP contribution in [0.15, 0.2) is 27.8 Å². The van der Waals surface area contributed by atoms with Crippen molar-refractivity contribution >= 4 is 10.9 Å². The van der Waals surface area contributed by atoms with Crippen LogP contribution < -0.4 is 11.2 Å². The number of benzene rings is 1. The molecule has 0 aliphatic rings. The zero-order valence-corrected chi connectivity index (χ0v) is 8.08. The topological polar surface area (TPSA) is 54.9 Å². The van der Waals surface area contributed by atoms with Crippen molar-refractivity contribution in [2.45, 2.75) is 13.5 Å². The Hall–Kier alpha value is -1.91. The van der Waals surface area contributed by atoms with Gasteiger partial charge < -0.3 is 4.98 Å². The Balaban J connectivity index is 2.99. The van der Waals surface area contributed by atoms with Crippen molar-refractivity contribution < 1.29 is 4.39 Å². The van der Waals surface area contributed by atoms with Gasteiger partial charge in [0.1, 0.15) is 5.82 Å². The number of aromatic nitrogens is 2. The molecule has 0 amide bonds. The molecule has 4 nitrogen and oxygen atoms in total. The van der Waals surface area contributed by atoms with Gasteiger partial charge in [-0.25, -0.2) is 9.18 Å². The summed E-state index contributed by atoms with van der Waals surface area (Å²) in [5.74, 6) is -0.491. The molecule has 0 aliphatic carbocycles. The number of fused-ring (bicyclic) bond motifs is 1. The molecule has 5 heteroatoms. The average Bonchev–Trinajstić information content (AvgIpc) is 2.20. The maximum Gasteiger partial charge on any atom is 0.328 e. The summed E-state index contributed by atoms with van der Waals surface area (Å²) in [5.41, 5.74) is -0.576. The van der Waals surface area contributed by atoms with Gasteiger partial charge in [-0.15, -0.1) is 0 Å². The first-order valence-corrected chi connectivity index (χ1v) is 4.56. The molecule has 1 heterocycles. The van der Waals surface area contributed by atoms with E-state index in [0.717, 1.165) is 10.6 Å². The highest BCUT2D eigenvalue weighted by atomic mass is 19.1. The second-order valence-corrected chi connectivity index (χ2v) is 3.17. The van der Waals surface area contributed by atoms with Gasteiger partial charge in [0, 0.05) is 6.54 Å². The molecule has 0 bridgehead atoms. The maximum absolute atomic E-state index is 12.9. The number of H-pyrrole nitrogens is 1. The molecule has 78 valence electrons. The van der Waals surface area contributed by atoms with Crippen LogP contribution in [0.1, 0.15) is 6.92 Å². The lowest BCUT2D eigenvalue weighted by Crippen LogP contribution is -2.34. The van der Waals surface area contributed by atoms with Gasteiger partial charge in [0.05, 0.1) is 10.9 Å². The minimum atomic E-state index is -0.491. The van der Waals surface area contributed by atoms with Gasteiger partial charge >= 0.3 is 5.69 Å². The number of rotatable bonds is 1. The Kier molecular flexibility index (Phi) is 2.15. The first kappa shape index (κ1) is 9.64. The summed E-state index contributed by atoms with van der Waals surface area (Å²) in [6.07, 6.45) is 0. The molecule has 0 fully saturated rings. The third kappa shape index (κ3) is 1.45. The van der Waals surface area contributed by atoms with Crippen LogP contribution in [0.2, 0.25) is 0 Å². The Morgan fingerprint density at radius 3 is 2.80 bits per heavy atom. The predicted octanol–water partition coefficient (Wildman–Crippen LogP) is 0.849. The van der Waals surface area contributed by atoms with Crippen LogP contribution in [0.4, 0.5) is 4.39 Å². The Bertz CT molecular complexity index is 627. The van der Waals surface area contributed by atoms with E-state index in [4.69, 9.17) is 0 Å². The van der Waals surface area contributed by atoms with Gasteiger partial charge in [0.25, 0.3) is 5.56 Å². The highest BCUT2D eigenvalue weighted by molar-refractivity contribution is 5.77. The molecule has 2 aromatic rings. The minimum absolute atomic E-state index is 0.191. The van der Waals surface area contributed by atoms with Crippen molar-refractivity contribution in [3.8, 4) is 0 Å². The van der Waals surface area contributed by atoms with Crippen molar-refractivity contribution in [1.82, 2.24) is 9.55 Å². The number of hydrogen-bond acceptors (Lipinski definition) is 2. The molecule has 0 spiro atoms. The van der Waals surface area contributed by atoms with Gasteiger partial charge in [-0.1, -0.05) is 0 Å². The Labute approximate surface area is 84.0 Å². The van der Waals surface area contributed by atoms with E-state index in [1.54, 1.807) is 6.92 Å². The molecule has 1 N–H and O–H groups in total. The van der Waals surface area contributed by atoms with Gasteiger partial charge in [-0.05, 0) is 25.1 Å². The summed E-state index contributed by atoms with van der Waals surface area (Å²) in [6.45, 7) is 1.95. The fourth-order valence-electron chi connectivity index (χ4n) is 1.51. The predicted molar refractivity (Wildman–Crippen MR) is 54.5 cm³/mol. The molecule has 2 rings (SSSR count). The van der Waals surface area contributed by atoms with Crippen LogP contribution in [-0.2, 0) is 6.54 Å². The number of halogens is 1. The van der Waals surface area contributed by atoms with Crippen molar-refractivity contribution in [2.24, 2.45) is 0 Å². The highest BCUT2D eigenvalue weighted by Gasteiger charge is 2.06. The molecule has 0 saturated carbocycles. The largest absolute Gasteiger partial charge is 0.328 e. The molecular weight excluding hydrogens is 199 g/mol. The van der Waals surface area contributed by atoms with Crippen molar-refractivity contribution in [3.63, 3.8) is 0 Å². The molecule has 0 aliphatic heterocycles. The first-order valence-electron chi connectivity index (χ1n) is 4.56. The molecule has 0 unspecified atom stereocenters. The van der Waals surface area contributed by atoms with Gasteiger partial charge in [0.15, 0.2) is 0 Å². The average molecular weight is 208 g/mol. The molecule has 0 atom stereocenters. The van der Waals surface area contributed by atoms with E-state index in [1.807, 2.05) is 0 Å². The minimum Gasteiger partial charge on any atom is -0.307 e. The van der Waals surface area contributed by atoms with Crippen LogP contribution >= 0.6 is 0 Å². The normalized spacial score (nSPS) is 10.8. The zero-order valence-electron chi connectivity index (χ0n) is 8.08. The van der Waals surface area contributed by atoms with Crippen molar-refractivity contribution in [1.29, 1.82) is 0 Å². The molecule has 15 heavy (non-hydrogen) atoms. The standard InChI is InChI=1S/C10H9FN2O2/c1-2-13-9(14)7-5-6(11)3-4-8(7)12-10(13)15/h3-5H,2H2,1H3,(H,12,15). The van der Waals surface area contributed by atoms with Crippen LogP contribution in [-0.4, -0.2) is 9.55 Å². The summed E-state index contributed by atoms with van der Waals surface area (Å²) >= 11 is 0. The van der Waals surface area contributed by atoms with Gasteiger partial charge in [-0.2, -0.15) is 0 Å². The molecule has 1 aromatic heterocycles. The van der Waals surface area contributed by atoms with Crippen LogP contribution in [0.25, 0.3) is 10.9 Å². The fourth-order valence-corrected chi connectivity index (χ4v) is 1.51. The van der Waals surface area contributed by atoms with Crippen molar-refractivity contribution in [3.05, 3.63) is 44.9 Å². The number of nitrogens with one attached hydrogen (secondary N) is 1. The second kappa shape index (κ2) is 3.34. The summed E-state index contributed by atoms with van der Waals surface area (Å²) in [7, 11) is 0. The smallest absolute Gasteiger partial charge is 0.307 e. The van der Waals surface area contributed by atoms with E-state index in [1.165, 1.54) is 12.1 Å². The maximum atomic E-state index is 12.9. The number of aromatic amines is 1. The molecule has 1 aromatic carbocycles. The van der Waals surface area contributed by atoms with E-state index < -0.39 is 17.1 Å². The SMILES string of the molecule is CCn1c(=O)[nH]c2ccc(F)cc2c1=O. The lowest BCUT2D eigenvalue weighted by Gasteiger charge is -2.02. The van der Waals surface area contributed by atoms with Gasteiger partial charge in [0.2, 0.25) is 0 Å². The van der Waals surface area contributed by atoms with Crippen molar-refractivity contribution in [2.75, 3.05) is 0 Å². The summed E-state index contributed by atoms with van der Waals surface area (Å²) in [6, 6.07) is 3.71. The van der Waals surface area contributed by atoms with E-state index in [-0.39, 0.29) is 11.9 Å². The van der Waals surface area contributed by atoms with Crippen LogP contribution in [0, 0.1) is 5.82 Å². The summed E-state index contributed by atoms with van der Waals surface area (Å²) < 4.78 is 13.9. The van der Waals surface area contributed by atoms with E-state index in [2.05, 4.69) is 4.98 Å². The highest BCUT2D eigenvalue weighted by Crippen LogP contribution is 2.06. The fraction of sp³-hybridized carbons (Fsp3) is 0.200. The summed E-state index contributed by atoms with van der Waals surface area (Å²) in [4.78, 5) is 25.6. The quantitative estimate of drug-likeness (QED) is 0.755. The van der Waals surface area contributed by atoms with Gasteiger partial charge in [-0.3, -0.25) is 9.36 Å². The molecule has 0 radical (unpaired) electrons. The second-order valence-electron chi connectivity index (χ2n) is 3.17. The third-order valence-electron chi connectivity index (χ3n) is 2.26. The summed E-state index contributed by atoms with van der Waals surface area (Å²) in [5, 5.41) is 0.191. The monoisotopic (exact) mass is 208 g/mol. The molecule has 0 saturated heterocycles. The van der Waals surface area contributed by atoms with Crippen LogP contribution in [0.3, 0.4) is 0 Å². The van der Waals surface area contributed by atoms with E-state index in [0.29, 0.717) is 5.52 Å². The van der Waals surface area contributed by atoms with Crippen LogP contribution in [0.5, 0.6) is 0 Å². The third-order valence-corrected chi connectivity index (χ3v) is 2.26. The Morgan fingerprint density at radius 2 is 2.13 bits per heavy atom. The number of nitrogens with zero attached hydrogens (tertiary/aromatic N) is 1. The molecular formula is C10H9FN2O2. The first-order chi connectivity index (χ1) is 7.13. The Morgan fingerprint density at radius 1 is 1.40 bits per heavy atom. The lowest BCUT2D eigenvalue weighted by atomic mass is 10.2. The number of hydrogen-bond donors (Lipinski definition) is 1. The lowest BCUT2D eigenvalue weighted by molar-refractivity contribution is 0.628.